The number of aliphatic imine (C=N–C) groups is 1. The quantitative estimate of drug-likeness (QED) is 0.220. The van der Waals surface area contributed by atoms with E-state index in [1.165, 1.54) is 7.11 Å². The largest absolute Gasteiger partial charge is 0.493 e. The smallest absolute Gasteiger partial charge is 0.323 e. The molecule has 0 aliphatic rings. The number of carbonyl (C=O) groups excluding carboxylic acids is 1. The van der Waals surface area contributed by atoms with Gasteiger partial charge in [-0.15, -0.1) is 0 Å². The summed E-state index contributed by atoms with van der Waals surface area (Å²) in [5.74, 6) is 1.62. The second kappa shape index (κ2) is 13.4. The first-order valence-corrected chi connectivity index (χ1v) is 11.4. The average molecular weight is 465 g/mol. The molecule has 0 aliphatic carbocycles. The molecule has 8 nitrogen and oxygen atoms in total. The van der Waals surface area contributed by atoms with Crippen LogP contribution in [0.4, 0.5) is 0 Å². The predicted octanol–water partition coefficient (Wildman–Crippen LogP) is 3.22. The van der Waals surface area contributed by atoms with Gasteiger partial charge >= 0.3 is 5.97 Å². The number of nitrogens with one attached hydrogen (secondary N) is 1. The van der Waals surface area contributed by atoms with Gasteiger partial charge in [-0.1, -0.05) is 32.9 Å². The highest BCUT2D eigenvalue weighted by atomic mass is 16.7. The van der Waals surface area contributed by atoms with Gasteiger partial charge in [0.15, 0.2) is 0 Å². The summed E-state index contributed by atoms with van der Waals surface area (Å²) >= 11 is 0. The zero-order valence-electron chi connectivity index (χ0n) is 22.1. The van der Waals surface area contributed by atoms with Crippen molar-refractivity contribution in [1.82, 2.24) is 15.3 Å². The third kappa shape index (κ3) is 9.60. The van der Waals surface area contributed by atoms with Gasteiger partial charge < -0.3 is 14.4 Å². The van der Waals surface area contributed by atoms with Gasteiger partial charge in [0.25, 0.3) is 0 Å². The number of hydroxylamine groups is 1. The fourth-order valence-corrected chi connectivity index (χ4v) is 3.56. The van der Waals surface area contributed by atoms with E-state index in [0.29, 0.717) is 24.9 Å². The highest BCUT2D eigenvalue weighted by Crippen LogP contribution is 2.31. The zero-order valence-corrected chi connectivity index (χ0v) is 22.1. The Balaban J connectivity index is 2.57. The van der Waals surface area contributed by atoms with Gasteiger partial charge in [0.1, 0.15) is 11.8 Å². The number of likely N-dealkylation sites (N-methyl/N-ethyl adjacent to an activating group) is 1. The second-order valence-corrected chi connectivity index (χ2v) is 9.76. The Morgan fingerprint density at radius 1 is 1.12 bits per heavy atom. The van der Waals surface area contributed by atoms with Crippen LogP contribution in [-0.4, -0.2) is 82.8 Å². The summed E-state index contributed by atoms with van der Waals surface area (Å²) in [4.78, 5) is 25.8. The third-order valence-electron chi connectivity index (χ3n) is 5.92. The highest BCUT2D eigenvalue weighted by molar-refractivity contribution is 5.78. The van der Waals surface area contributed by atoms with Crippen molar-refractivity contribution in [2.75, 3.05) is 49.0 Å². The lowest BCUT2D eigenvalue weighted by atomic mass is 9.79. The van der Waals surface area contributed by atoms with Gasteiger partial charge in [-0.2, -0.15) is 0 Å². The lowest BCUT2D eigenvalue weighted by molar-refractivity contribution is -0.145. The van der Waals surface area contributed by atoms with E-state index in [0.717, 1.165) is 17.7 Å². The summed E-state index contributed by atoms with van der Waals surface area (Å²) in [6.45, 7) is 9.27. The van der Waals surface area contributed by atoms with Gasteiger partial charge in [-0.3, -0.25) is 19.5 Å². The third-order valence-corrected chi connectivity index (χ3v) is 5.92. The molecule has 2 unspecified atom stereocenters. The van der Waals surface area contributed by atoms with Crippen molar-refractivity contribution >= 4 is 11.9 Å². The van der Waals surface area contributed by atoms with E-state index in [4.69, 9.17) is 14.3 Å². The van der Waals surface area contributed by atoms with Crippen LogP contribution in [0.5, 0.6) is 5.75 Å². The SMILES string of the molecule is CN=C(NOC(C)C(C)(C)CC(C)COc1ccc(C[C@@H](C(=O)OC)N(C)C)cc1)N(C)C. The highest BCUT2D eigenvalue weighted by Gasteiger charge is 2.30. The van der Waals surface area contributed by atoms with Gasteiger partial charge in [0.05, 0.1) is 19.8 Å². The van der Waals surface area contributed by atoms with E-state index in [1.807, 2.05) is 62.3 Å². The van der Waals surface area contributed by atoms with E-state index < -0.39 is 0 Å². The van der Waals surface area contributed by atoms with Crippen LogP contribution in [0.3, 0.4) is 0 Å². The van der Waals surface area contributed by atoms with Crippen molar-refractivity contribution in [2.45, 2.75) is 52.7 Å². The van der Waals surface area contributed by atoms with Crippen LogP contribution in [0.15, 0.2) is 29.3 Å². The molecule has 0 heterocycles. The first kappa shape index (κ1) is 28.7. The van der Waals surface area contributed by atoms with Crippen molar-refractivity contribution in [1.29, 1.82) is 0 Å². The molecule has 0 fully saturated rings. The molecule has 0 spiro atoms. The molecular weight excluding hydrogens is 420 g/mol. The van der Waals surface area contributed by atoms with Gasteiger partial charge in [-0.25, -0.2) is 5.48 Å². The molecule has 0 aromatic heterocycles. The summed E-state index contributed by atoms with van der Waals surface area (Å²) in [7, 11) is 10.7. The second-order valence-electron chi connectivity index (χ2n) is 9.76. The number of benzene rings is 1. The molecule has 0 aliphatic heterocycles. The van der Waals surface area contributed by atoms with Crippen LogP contribution >= 0.6 is 0 Å². The lowest BCUT2D eigenvalue weighted by Crippen LogP contribution is -2.42. The van der Waals surface area contributed by atoms with Crippen molar-refractivity contribution in [3.63, 3.8) is 0 Å². The molecule has 1 N–H and O–H groups in total. The summed E-state index contributed by atoms with van der Waals surface area (Å²) < 4.78 is 10.9. The number of rotatable bonds is 12. The number of carbonyl (C=O) groups is 1. The number of esters is 1. The summed E-state index contributed by atoms with van der Waals surface area (Å²) in [5.41, 5.74) is 3.96. The molecule has 188 valence electrons. The number of hydrogen-bond donors (Lipinski definition) is 1. The predicted molar refractivity (Wildman–Crippen MR) is 133 cm³/mol. The normalized spacial score (nSPS) is 15.1. The summed E-state index contributed by atoms with van der Waals surface area (Å²) in [6.07, 6.45) is 1.52. The minimum Gasteiger partial charge on any atom is -0.493 e. The van der Waals surface area contributed by atoms with Crippen molar-refractivity contribution < 1.29 is 19.1 Å². The molecule has 0 saturated carbocycles. The van der Waals surface area contributed by atoms with Crippen LogP contribution in [0, 0.1) is 11.3 Å². The molecule has 1 aromatic carbocycles. The van der Waals surface area contributed by atoms with Crippen molar-refractivity contribution in [2.24, 2.45) is 16.3 Å². The maximum Gasteiger partial charge on any atom is 0.323 e. The Kier molecular flexibility index (Phi) is 11.7. The number of hydrogen-bond acceptors (Lipinski definition) is 6. The van der Waals surface area contributed by atoms with E-state index in [9.17, 15) is 4.79 Å². The Labute approximate surface area is 200 Å². The Morgan fingerprint density at radius 2 is 1.73 bits per heavy atom. The molecule has 0 saturated heterocycles. The average Bonchev–Trinajstić information content (AvgIpc) is 2.75. The van der Waals surface area contributed by atoms with Crippen LogP contribution in [-0.2, 0) is 20.8 Å². The number of nitrogens with zero attached hydrogens (tertiary/aromatic N) is 3. The molecule has 1 aromatic rings. The first-order valence-electron chi connectivity index (χ1n) is 11.4. The van der Waals surface area contributed by atoms with Crippen molar-refractivity contribution in [3.05, 3.63) is 29.8 Å². The molecule has 33 heavy (non-hydrogen) atoms. The Bertz CT molecular complexity index is 747. The molecule has 0 radical (unpaired) electrons. The standard InChI is InChI=1S/C25H44N4O4/c1-18(16-25(3,4)19(2)33-27-24(26-5)29(8)9)17-32-21-13-11-20(12-14-21)15-22(28(6)7)23(30)31-10/h11-14,18-19,22H,15-17H2,1-10H3,(H,26,27)/t18?,19?,22-/m0/s1. The monoisotopic (exact) mass is 464 g/mol. The molecular formula is C25H44N4O4. The Morgan fingerprint density at radius 3 is 2.21 bits per heavy atom. The number of ether oxygens (including phenoxy) is 2. The molecule has 8 heteroatoms. The molecule has 0 amide bonds. The molecule has 1 rings (SSSR count). The van der Waals surface area contributed by atoms with Crippen LogP contribution in [0.25, 0.3) is 0 Å². The fourth-order valence-electron chi connectivity index (χ4n) is 3.56. The molecule has 0 bridgehead atoms. The van der Waals surface area contributed by atoms with E-state index >= 15 is 0 Å². The summed E-state index contributed by atoms with van der Waals surface area (Å²) in [6, 6.07) is 7.62. The molecule has 3 atom stereocenters. The minimum absolute atomic E-state index is 0.0182. The lowest BCUT2D eigenvalue weighted by Gasteiger charge is -2.34. The van der Waals surface area contributed by atoms with Gasteiger partial charge in [0.2, 0.25) is 5.96 Å². The van der Waals surface area contributed by atoms with Crippen molar-refractivity contribution in [3.8, 4) is 5.75 Å². The first-order chi connectivity index (χ1) is 15.4. The van der Waals surface area contributed by atoms with E-state index in [2.05, 4.69) is 38.2 Å². The minimum atomic E-state index is -0.305. The maximum atomic E-state index is 12.0. The number of methoxy groups -OCH3 is 1. The van der Waals surface area contributed by atoms with Crippen LogP contribution in [0.1, 0.15) is 39.7 Å². The van der Waals surface area contributed by atoms with Gasteiger partial charge in [0, 0.05) is 21.1 Å². The van der Waals surface area contributed by atoms with E-state index in [1.54, 1.807) is 7.05 Å². The summed E-state index contributed by atoms with van der Waals surface area (Å²) in [5, 5.41) is 0. The van der Waals surface area contributed by atoms with Crippen LogP contribution < -0.4 is 10.2 Å². The topological polar surface area (TPSA) is 75.6 Å². The fraction of sp³-hybridized carbons (Fsp3) is 0.680. The van der Waals surface area contributed by atoms with Crippen LogP contribution in [0.2, 0.25) is 0 Å². The van der Waals surface area contributed by atoms with E-state index in [-0.39, 0.29) is 23.5 Å². The number of guanidine groups is 1. The maximum absolute atomic E-state index is 12.0. The Hall–Kier alpha value is -2.32. The van der Waals surface area contributed by atoms with Gasteiger partial charge in [-0.05, 0) is 62.9 Å². The zero-order chi connectivity index (χ0) is 25.2.